The van der Waals surface area contributed by atoms with E-state index < -0.39 is 17.7 Å². The van der Waals surface area contributed by atoms with Gasteiger partial charge in [-0.2, -0.15) is 0 Å². The van der Waals surface area contributed by atoms with Crippen molar-refractivity contribution in [3.8, 4) is 11.5 Å². The molecular weight excluding hydrogens is 453 g/mol. The number of ketones is 1. The quantitative estimate of drug-likeness (QED) is 0.582. The van der Waals surface area contributed by atoms with E-state index in [1.54, 1.807) is 25.1 Å². The Morgan fingerprint density at radius 2 is 1.86 bits per heavy atom. The number of carbonyl (C=O) groups excluding carboxylic acids is 3. The molecule has 35 heavy (non-hydrogen) atoms. The topological polar surface area (TPSA) is 90.9 Å². The van der Waals surface area contributed by atoms with Gasteiger partial charge in [-0.05, 0) is 68.9 Å². The molecule has 2 aromatic rings. The summed E-state index contributed by atoms with van der Waals surface area (Å²) in [5.41, 5.74) is 1.27. The van der Waals surface area contributed by atoms with Crippen molar-refractivity contribution >= 4 is 23.3 Å². The zero-order valence-corrected chi connectivity index (χ0v) is 20.2. The van der Waals surface area contributed by atoms with Crippen LogP contribution in [0.25, 0.3) is 0 Å². The number of carbonyl (C=O) groups is 3. The van der Waals surface area contributed by atoms with Crippen LogP contribution in [0, 0.1) is 5.82 Å². The largest absolute Gasteiger partial charge is 0.497 e. The molecule has 0 aliphatic carbocycles. The van der Waals surface area contributed by atoms with Crippen LogP contribution in [0.1, 0.15) is 67.8 Å². The van der Waals surface area contributed by atoms with Crippen LogP contribution in [-0.2, 0) is 20.7 Å². The maximum atomic E-state index is 13.4. The molecule has 0 saturated carbocycles. The summed E-state index contributed by atoms with van der Waals surface area (Å²) in [5.74, 6) is -0.590. The number of cyclic esters (lactones) is 1. The number of methoxy groups -OCH3 is 1. The Morgan fingerprint density at radius 3 is 2.63 bits per heavy atom. The normalized spacial score (nSPS) is 17.5. The predicted octanol–water partition coefficient (Wildman–Crippen LogP) is 5.25. The van der Waals surface area contributed by atoms with Gasteiger partial charge in [-0.3, -0.25) is 9.59 Å². The number of nitrogens with one attached hydrogen (secondary N) is 1. The van der Waals surface area contributed by atoms with Crippen molar-refractivity contribution in [3.63, 3.8) is 0 Å². The molecule has 188 valence electrons. The van der Waals surface area contributed by atoms with Gasteiger partial charge in [0.1, 0.15) is 28.7 Å². The lowest BCUT2D eigenvalue weighted by Gasteiger charge is -2.19. The minimum absolute atomic E-state index is 0.188. The molecule has 0 bridgehead atoms. The van der Waals surface area contributed by atoms with Crippen molar-refractivity contribution in [1.82, 2.24) is 0 Å². The number of hydrogen-bond donors (Lipinski definition) is 1. The van der Waals surface area contributed by atoms with Gasteiger partial charge >= 0.3 is 5.97 Å². The van der Waals surface area contributed by atoms with Crippen LogP contribution in [0.4, 0.5) is 10.1 Å². The van der Waals surface area contributed by atoms with Crippen molar-refractivity contribution in [2.75, 3.05) is 19.0 Å². The van der Waals surface area contributed by atoms with Crippen LogP contribution < -0.4 is 14.8 Å². The molecular formula is C27H32FNO6. The van der Waals surface area contributed by atoms with Crippen molar-refractivity contribution < 1.29 is 33.0 Å². The van der Waals surface area contributed by atoms with Gasteiger partial charge in [0.15, 0.2) is 6.61 Å². The summed E-state index contributed by atoms with van der Waals surface area (Å²) in [5, 5.41) is 2.57. The fourth-order valence-corrected chi connectivity index (χ4v) is 4.04. The molecule has 0 radical (unpaired) electrons. The predicted molar refractivity (Wildman–Crippen MR) is 129 cm³/mol. The van der Waals surface area contributed by atoms with Crippen molar-refractivity contribution in [3.05, 3.63) is 53.3 Å². The second-order valence-electron chi connectivity index (χ2n) is 8.71. The van der Waals surface area contributed by atoms with Crippen LogP contribution in [0.5, 0.6) is 11.5 Å². The van der Waals surface area contributed by atoms with Crippen LogP contribution in [-0.4, -0.2) is 37.5 Å². The van der Waals surface area contributed by atoms with E-state index in [4.69, 9.17) is 14.2 Å². The lowest BCUT2D eigenvalue weighted by Crippen LogP contribution is -2.22. The first kappa shape index (κ1) is 26.2. The Morgan fingerprint density at radius 1 is 1.09 bits per heavy atom. The number of halogens is 1. The number of esters is 1. The van der Waals surface area contributed by atoms with E-state index in [1.165, 1.54) is 25.3 Å². The van der Waals surface area contributed by atoms with E-state index in [0.717, 1.165) is 19.3 Å². The molecule has 1 aliphatic heterocycles. The molecule has 0 unspecified atom stereocenters. The summed E-state index contributed by atoms with van der Waals surface area (Å²) in [6.07, 6.45) is 4.91. The number of aryl methyl sites for hydroxylation is 1. The minimum Gasteiger partial charge on any atom is -0.497 e. The average Bonchev–Trinajstić information content (AvgIpc) is 2.81. The first-order valence-electron chi connectivity index (χ1n) is 12.0. The van der Waals surface area contributed by atoms with Gasteiger partial charge < -0.3 is 19.5 Å². The monoisotopic (exact) mass is 485 g/mol. The number of fused-ring (bicyclic) bond motifs is 1. The zero-order valence-electron chi connectivity index (χ0n) is 20.2. The second kappa shape index (κ2) is 12.9. The molecule has 8 heteroatoms. The average molecular weight is 486 g/mol. The Bertz CT molecular complexity index is 1050. The van der Waals surface area contributed by atoms with E-state index in [0.29, 0.717) is 49.1 Å². The van der Waals surface area contributed by atoms with Crippen LogP contribution in [0.3, 0.4) is 0 Å². The number of Topliss-reactive ketones (excluding diaryl/α,β-unsaturated/α-hetero) is 1. The highest BCUT2D eigenvalue weighted by Gasteiger charge is 2.24. The molecule has 3 rings (SSSR count). The molecule has 1 atom stereocenters. The van der Waals surface area contributed by atoms with Crippen LogP contribution >= 0.6 is 0 Å². The smallest absolute Gasteiger partial charge is 0.342 e. The van der Waals surface area contributed by atoms with Crippen molar-refractivity contribution in [1.29, 1.82) is 0 Å². The summed E-state index contributed by atoms with van der Waals surface area (Å²) < 4.78 is 30.2. The number of benzene rings is 2. The lowest BCUT2D eigenvalue weighted by atomic mass is 9.98. The number of amides is 1. The van der Waals surface area contributed by atoms with Gasteiger partial charge in [-0.25, -0.2) is 9.18 Å². The van der Waals surface area contributed by atoms with Gasteiger partial charge in [0.05, 0.1) is 13.2 Å². The number of anilines is 1. The first-order chi connectivity index (χ1) is 16.9. The summed E-state index contributed by atoms with van der Waals surface area (Å²) in [6.45, 7) is 1.41. The standard InChI is InChI=1S/C27H32FNO6/c1-18-8-6-13-22(30)12-5-3-4-9-19-14-23(33-2)16-24(26(19)27(32)35-18)34-17-25(31)29-21-11-7-10-20(28)15-21/h7,10-11,14-16,18H,3-6,8-9,12-13,17H2,1-2H3,(H,29,31)/t18-/m0/s1. The Kier molecular flexibility index (Phi) is 9.64. The third kappa shape index (κ3) is 8.09. The number of rotatable bonds is 5. The zero-order chi connectivity index (χ0) is 25.2. The van der Waals surface area contributed by atoms with Crippen molar-refractivity contribution in [2.24, 2.45) is 0 Å². The van der Waals surface area contributed by atoms with E-state index in [1.807, 2.05) is 0 Å². The maximum Gasteiger partial charge on any atom is 0.342 e. The lowest BCUT2D eigenvalue weighted by molar-refractivity contribution is -0.119. The van der Waals surface area contributed by atoms with Crippen LogP contribution in [0.15, 0.2) is 36.4 Å². The second-order valence-corrected chi connectivity index (χ2v) is 8.71. The van der Waals surface area contributed by atoms with Gasteiger partial charge in [0, 0.05) is 24.6 Å². The molecule has 1 heterocycles. The number of hydrogen-bond acceptors (Lipinski definition) is 6. The van der Waals surface area contributed by atoms with Gasteiger partial charge in [-0.15, -0.1) is 0 Å². The van der Waals surface area contributed by atoms with Gasteiger partial charge in [-0.1, -0.05) is 12.5 Å². The Balaban J connectivity index is 1.82. The highest BCUT2D eigenvalue weighted by molar-refractivity contribution is 5.95. The highest BCUT2D eigenvalue weighted by atomic mass is 19.1. The molecule has 7 nitrogen and oxygen atoms in total. The van der Waals surface area contributed by atoms with E-state index in [2.05, 4.69) is 5.32 Å². The molecule has 1 amide bonds. The first-order valence-corrected chi connectivity index (χ1v) is 12.0. The molecule has 1 N–H and O–H groups in total. The molecule has 2 aromatic carbocycles. The third-order valence-electron chi connectivity index (χ3n) is 5.84. The molecule has 1 aliphatic rings. The summed E-state index contributed by atoms with van der Waals surface area (Å²) in [7, 11) is 1.51. The molecule has 0 saturated heterocycles. The molecule has 0 aromatic heterocycles. The number of ether oxygens (including phenoxy) is 3. The van der Waals surface area contributed by atoms with E-state index in [-0.39, 0.29) is 29.8 Å². The fraction of sp³-hybridized carbons (Fsp3) is 0.444. The minimum atomic E-state index is -0.543. The van der Waals surface area contributed by atoms with Crippen molar-refractivity contribution in [2.45, 2.75) is 64.4 Å². The Hall–Kier alpha value is -3.42. The van der Waals surface area contributed by atoms with E-state index in [9.17, 15) is 18.8 Å². The highest BCUT2D eigenvalue weighted by Crippen LogP contribution is 2.32. The van der Waals surface area contributed by atoms with Gasteiger partial charge in [0.2, 0.25) is 0 Å². The summed E-state index contributed by atoms with van der Waals surface area (Å²) in [4.78, 5) is 37.6. The third-order valence-corrected chi connectivity index (χ3v) is 5.84. The SMILES string of the molecule is COc1cc2c(c(OCC(=O)Nc3cccc(F)c3)c1)C(=O)O[C@@H](C)CCCC(=O)CCCCC2. The van der Waals surface area contributed by atoms with E-state index >= 15 is 0 Å². The van der Waals surface area contributed by atoms with Gasteiger partial charge in [0.25, 0.3) is 5.91 Å². The summed E-state index contributed by atoms with van der Waals surface area (Å²) >= 11 is 0. The van der Waals surface area contributed by atoms with Crippen LogP contribution in [0.2, 0.25) is 0 Å². The molecule has 0 fully saturated rings. The summed E-state index contributed by atoms with van der Waals surface area (Å²) in [6, 6.07) is 8.87. The Labute approximate surface area is 204 Å². The molecule has 0 spiro atoms. The fourth-order valence-electron chi connectivity index (χ4n) is 4.04. The maximum absolute atomic E-state index is 13.4.